The van der Waals surface area contributed by atoms with Gasteiger partial charge in [-0.25, -0.2) is 9.97 Å². The Bertz CT molecular complexity index is 1750. The lowest BCUT2D eigenvalue weighted by molar-refractivity contribution is 0.102. The van der Waals surface area contributed by atoms with E-state index in [1.165, 1.54) is 11.3 Å². The van der Waals surface area contributed by atoms with Gasteiger partial charge in [0, 0.05) is 29.2 Å². The minimum Gasteiger partial charge on any atom is -0.496 e. The Hall–Kier alpha value is -4.56. The number of imidazole rings is 1. The number of hydrogen-bond donors (Lipinski definition) is 1. The summed E-state index contributed by atoms with van der Waals surface area (Å²) in [7, 11) is 1.62. The lowest BCUT2D eigenvalue weighted by Gasteiger charge is -2.13. The largest absolute Gasteiger partial charge is 0.496 e. The molecule has 0 aliphatic carbocycles. The molecule has 6 rings (SSSR count). The molecule has 1 amide bonds. The van der Waals surface area contributed by atoms with E-state index in [0.29, 0.717) is 16.4 Å². The fourth-order valence-electron chi connectivity index (χ4n) is 4.24. The molecule has 36 heavy (non-hydrogen) atoms. The molecule has 0 bridgehead atoms. The van der Waals surface area contributed by atoms with Crippen molar-refractivity contribution in [3.05, 3.63) is 96.8 Å². The second-order valence-corrected chi connectivity index (χ2v) is 9.40. The van der Waals surface area contributed by atoms with Gasteiger partial charge in [-0.05, 0) is 48.4 Å². The van der Waals surface area contributed by atoms with E-state index in [0.717, 1.165) is 43.7 Å². The molecule has 0 saturated carbocycles. The first kappa shape index (κ1) is 21.9. The molecule has 0 aliphatic rings. The number of amides is 1. The predicted molar refractivity (Wildman–Crippen MR) is 143 cm³/mol. The van der Waals surface area contributed by atoms with E-state index >= 15 is 0 Å². The van der Waals surface area contributed by atoms with Crippen molar-refractivity contribution in [3.63, 3.8) is 0 Å². The van der Waals surface area contributed by atoms with E-state index in [2.05, 4.69) is 38.6 Å². The molecule has 4 aromatic heterocycles. The first-order chi connectivity index (χ1) is 17.6. The summed E-state index contributed by atoms with van der Waals surface area (Å²) in [6.07, 6.45) is 7.27. The fourth-order valence-corrected chi connectivity index (χ4v) is 5.14. The number of aromatic nitrogens is 4. The third-order valence-electron chi connectivity index (χ3n) is 6.03. The van der Waals surface area contributed by atoms with Crippen LogP contribution in [0.3, 0.4) is 0 Å². The van der Waals surface area contributed by atoms with Crippen LogP contribution in [0.1, 0.15) is 16.1 Å². The number of nitrogens with zero attached hydrogens (tertiary/aromatic N) is 4. The molecule has 8 heteroatoms. The summed E-state index contributed by atoms with van der Waals surface area (Å²) in [5.41, 5.74) is 6.88. The quantitative estimate of drug-likeness (QED) is 0.309. The summed E-state index contributed by atoms with van der Waals surface area (Å²) in [6.45, 7) is 1.90. The molecule has 0 fully saturated rings. The summed E-state index contributed by atoms with van der Waals surface area (Å²) < 4.78 is 8.51. The van der Waals surface area contributed by atoms with Gasteiger partial charge >= 0.3 is 0 Å². The summed E-state index contributed by atoms with van der Waals surface area (Å²) in [4.78, 5) is 26.5. The van der Waals surface area contributed by atoms with Crippen LogP contribution in [0.5, 0.6) is 5.75 Å². The van der Waals surface area contributed by atoms with Gasteiger partial charge in [-0.3, -0.25) is 15.1 Å². The average molecular weight is 492 g/mol. The Labute approximate surface area is 211 Å². The molecular formula is C28H21N5O2S. The first-order valence-corrected chi connectivity index (χ1v) is 12.1. The Morgan fingerprint density at radius 3 is 2.75 bits per heavy atom. The Morgan fingerprint density at radius 1 is 1.00 bits per heavy atom. The molecule has 0 spiro atoms. The minimum atomic E-state index is -0.270. The van der Waals surface area contributed by atoms with Crippen LogP contribution in [-0.4, -0.2) is 32.4 Å². The molecule has 1 N–H and O–H groups in total. The van der Waals surface area contributed by atoms with Crippen LogP contribution < -0.4 is 10.1 Å². The van der Waals surface area contributed by atoms with Crippen LogP contribution in [0.15, 0.2) is 85.6 Å². The van der Waals surface area contributed by atoms with Crippen molar-refractivity contribution in [2.45, 2.75) is 6.92 Å². The van der Waals surface area contributed by atoms with Crippen LogP contribution >= 0.6 is 11.3 Å². The van der Waals surface area contributed by atoms with Gasteiger partial charge < -0.3 is 9.14 Å². The van der Waals surface area contributed by atoms with Crippen LogP contribution in [0.4, 0.5) is 5.13 Å². The van der Waals surface area contributed by atoms with Gasteiger partial charge in [0.15, 0.2) is 5.13 Å². The third kappa shape index (κ3) is 3.97. The number of pyridine rings is 2. The number of aryl methyl sites for hydroxylation is 1. The molecule has 4 heterocycles. The SMILES string of the molecule is COc1ccccc1-c1cc(C)ncc1C(=O)Nc1nc2ccc(-c3ccc4cncn4c3)cc2s1. The number of ether oxygens (including phenoxy) is 1. The van der Waals surface area contributed by atoms with E-state index in [1.54, 1.807) is 19.6 Å². The number of hydrogen-bond acceptors (Lipinski definition) is 6. The first-order valence-electron chi connectivity index (χ1n) is 11.3. The van der Waals surface area contributed by atoms with Gasteiger partial charge in [0.2, 0.25) is 0 Å². The molecule has 176 valence electrons. The number of anilines is 1. The second kappa shape index (κ2) is 8.90. The molecule has 2 aromatic carbocycles. The number of nitrogens with one attached hydrogen (secondary N) is 1. The van der Waals surface area contributed by atoms with E-state index in [9.17, 15) is 4.79 Å². The average Bonchev–Trinajstić information content (AvgIpc) is 3.53. The number of carbonyl (C=O) groups is 1. The summed E-state index contributed by atoms with van der Waals surface area (Å²) in [6, 6.07) is 19.8. The van der Waals surface area contributed by atoms with Crippen molar-refractivity contribution >= 4 is 38.1 Å². The van der Waals surface area contributed by atoms with E-state index in [4.69, 9.17) is 4.74 Å². The standard InChI is InChI=1S/C28H21N5O2S/c1-17-11-22(21-5-3-4-6-25(21)35-2)23(14-30-17)27(34)32-28-31-24-10-8-18(12-26(24)36-28)19-7-9-20-13-29-16-33(20)15-19/h3-16H,1-2H3,(H,31,32,34). The predicted octanol–water partition coefficient (Wildman–Crippen LogP) is 6.24. The molecule has 0 radical (unpaired) electrons. The maximum Gasteiger partial charge on any atom is 0.259 e. The van der Waals surface area contributed by atoms with Crippen molar-refractivity contribution in [1.82, 2.24) is 19.4 Å². The molecular weight excluding hydrogens is 470 g/mol. The third-order valence-corrected chi connectivity index (χ3v) is 6.97. The molecule has 6 aromatic rings. The van der Waals surface area contributed by atoms with E-state index < -0.39 is 0 Å². The molecule has 0 unspecified atom stereocenters. The zero-order valence-electron chi connectivity index (χ0n) is 19.6. The number of benzene rings is 2. The van der Waals surface area contributed by atoms with Crippen molar-refractivity contribution in [2.75, 3.05) is 12.4 Å². The van der Waals surface area contributed by atoms with Crippen molar-refractivity contribution in [2.24, 2.45) is 0 Å². The summed E-state index contributed by atoms with van der Waals surface area (Å²) in [5, 5.41) is 3.50. The number of para-hydroxylation sites is 1. The Kier molecular flexibility index (Phi) is 5.42. The monoisotopic (exact) mass is 491 g/mol. The Morgan fingerprint density at radius 2 is 1.86 bits per heavy atom. The van der Waals surface area contributed by atoms with Crippen LogP contribution in [0.2, 0.25) is 0 Å². The van der Waals surface area contributed by atoms with Crippen molar-refractivity contribution < 1.29 is 9.53 Å². The number of fused-ring (bicyclic) bond motifs is 2. The molecule has 0 aliphatic heterocycles. The van der Waals surface area contributed by atoms with Crippen LogP contribution in [0, 0.1) is 6.92 Å². The zero-order valence-corrected chi connectivity index (χ0v) is 20.4. The minimum absolute atomic E-state index is 0.270. The van der Waals surface area contributed by atoms with E-state index in [-0.39, 0.29) is 5.91 Å². The number of methoxy groups -OCH3 is 1. The van der Waals surface area contributed by atoms with Gasteiger partial charge in [0.25, 0.3) is 5.91 Å². The number of carbonyl (C=O) groups excluding carboxylic acids is 1. The number of thiazole rings is 1. The maximum atomic E-state index is 13.3. The van der Waals surface area contributed by atoms with Gasteiger partial charge in [0.05, 0.1) is 40.9 Å². The highest BCUT2D eigenvalue weighted by atomic mass is 32.1. The highest BCUT2D eigenvalue weighted by Gasteiger charge is 2.18. The van der Waals surface area contributed by atoms with Gasteiger partial charge in [-0.1, -0.05) is 41.7 Å². The molecule has 0 atom stereocenters. The summed E-state index contributed by atoms with van der Waals surface area (Å²) >= 11 is 1.44. The lowest BCUT2D eigenvalue weighted by Crippen LogP contribution is -2.14. The smallest absolute Gasteiger partial charge is 0.259 e. The maximum absolute atomic E-state index is 13.3. The fraction of sp³-hybridized carbons (Fsp3) is 0.0714. The van der Waals surface area contributed by atoms with Crippen molar-refractivity contribution in [3.8, 4) is 28.0 Å². The molecule has 0 saturated heterocycles. The lowest BCUT2D eigenvalue weighted by atomic mass is 9.99. The Balaban J connectivity index is 1.32. The van der Waals surface area contributed by atoms with Crippen LogP contribution in [0.25, 0.3) is 38.0 Å². The zero-order chi connectivity index (χ0) is 24.6. The summed E-state index contributed by atoms with van der Waals surface area (Å²) in [5.74, 6) is 0.423. The topological polar surface area (TPSA) is 81.4 Å². The number of rotatable bonds is 5. The highest BCUT2D eigenvalue weighted by Crippen LogP contribution is 2.34. The van der Waals surface area contributed by atoms with Crippen molar-refractivity contribution in [1.29, 1.82) is 0 Å². The van der Waals surface area contributed by atoms with Gasteiger partial charge in [0.1, 0.15) is 5.75 Å². The molecule has 7 nitrogen and oxygen atoms in total. The van der Waals surface area contributed by atoms with E-state index in [1.807, 2.05) is 66.1 Å². The van der Waals surface area contributed by atoms with Gasteiger partial charge in [-0.15, -0.1) is 0 Å². The second-order valence-electron chi connectivity index (χ2n) is 8.37. The van der Waals surface area contributed by atoms with Crippen LogP contribution in [-0.2, 0) is 0 Å². The van der Waals surface area contributed by atoms with Gasteiger partial charge in [-0.2, -0.15) is 0 Å². The normalized spacial score (nSPS) is 11.2. The highest BCUT2D eigenvalue weighted by molar-refractivity contribution is 7.22.